The summed E-state index contributed by atoms with van der Waals surface area (Å²) in [5.74, 6) is -0.547. The Morgan fingerprint density at radius 2 is 1.83 bits per heavy atom. The van der Waals surface area contributed by atoms with Crippen LogP contribution in [0.5, 0.6) is 11.5 Å². The Hall–Kier alpha value is -0.970. The lowest BCUT2D eigenvalue weighted by Gasteiger charge is -2.17. The minimum absolute atomic E-state index is 0.256. The van der Waals surface area contributed by atoms with Gasteiger partial charge in [0.2, 0.25) is 0 Å². The van der Waals surface area contributed by atoms with Gasteiger partial charge < -0.3 is 20.6 Å². The van der Waals surface area contributed by atoms with Crippen LogP contribution in [0.3, 0.4) is 0 Å². The lowest BCUT2D eigenvalue weighted by molar-refractivity contribution is 0.169. The van der Waals surface area contributed by atoms with Crippen molar-refractivity contribution < 1.29 is 15.3 Å². The fourth-order valence-electron chi connectivity index (χ4n) is 2.34. The van der Waals surface area contributed by atoms with Crippen molar-refractivity contribution in [2.75, 3.05) is 6.54 Å². The van der Waals surface area contributed by atoms with E-state index in [4.69, 9.17) is 11.6 Å². The molecule has 4 nitrogen and oxygen atoms in total. The van der Waals surface area contributed by atoms with Crippen LogP contribution in [0.1, 0.15) is 37.4 Å². The maximum absolute atomic E-state index is 10.0. The predicted octanol–water partition coefficient (Wildman–Crippen LogP) is 2.32. The zero-order valence-electron chi connectivity index (χ0n) is 10.1. The van der Waals surface area contributed by atoms with Gasteiger partial charge >= 0.3 is 0 Å². The average molecular weight is 272 g/mol. The average Bonchev–Trinajstić information content (AvgIpc) is 2.84. The Morgan fingerprint density at radius 1 is 1.22 bits per heavy atom. The van der Waals surface area contributed by atoms with E-state index in [0.29, 0.717) is 18.2 Å². The van der Waals surface area contributed by atoms with Crippen LogP contribution >= 0.6 is 11.6 Å². The number of rotatable bonds is 4. The van der Waals surface area contributed by atoms with Crippen LogP contribution in [0.4, 0.5) is 0 Å². The van der Waals surface area contributed by atoms with Gasteiger partial charge in [-0.15, -0.1) is 0 Å². The van der Waals surface area contributed by atoms with Crippen molar-refractivity contribution in [1.29, 1.82) is 0 Å². The molecule has 5 heteroatoms. The molecule has 1 saturated carbocycles. The first kappa shape index (κ1) is 13.5. The summed E-state index contributed by atoms with van der Waals surface area (Å²) in [4.78, 5) is 0. The zero-order valence-corrected chi connectivity index (χ0v) is 10.8. The number of aromatic hydroxyl groups is 2. The highest BCUT2D eigenvalue weighted by atomic mass is 35.5. The Kier molecular flexibility index (Phi) is 4.32. The first-order chi connectivity index (χ1) is 8.58. The Bertz CT molecular complexity index is 419. The lowest BCUT2D eigenvalue weighted by Crippen LogP contribution is -2.30. The van der Waals surface area contributed by atoms with Crippen molar-refractivity contribution in [2.24, 2.45) is 0 Å². The molecule has 100 valence electrons. The molecule has 0 saturated heterocycles. The summed E-state index contributed by atoms with van der Waals surface area (Å²) in [6, 6.07) is 3.01. The fourth-order valence-corrected chi connectivity index (χ4v) is 2.62. The number of phenols is 2. The van der Waals surface area contributed by atoms with Gasteiger partial charge in [-0.3, -0.25) is 0 Å². The highest BCUT2D eigenvalue weighted by Gasteiger charge is 2.18. The number of phenolic OH excluding ortho intramolecular Hbond substituents is 2. The van der Waals surface area contributed by atoms with Gasteiger partial charge in [-0.05, 0) is 18.9 Å². The Morgan fingerprint density at radius 3 is 2.50 bits per heavy atom. The van der Waals surface area contributed by atoms with E-state index in [1.54, 1.807) is 0 Å². The van der Waals surface area contributed by atoms with Crippen LogP contribution in [0.15, 0.2) is 12.1 Å². The van der Waals surface area contributed by atoms with E-state index in [1.165, 1.54) is 25.0 Å². The summed E-state index contributed by atoms with van der Waals surface area (Å²) in [7, 11) is 0. The molecule has 1 fully saturated rings. The van der Waals surface area contributed by atoms with Crippen molar-refractivity contribution in [1.82, 2.24) is 5.32 Å². The molecule has 1 aliphatic rings. The monoisotopic (exact) mass is 271 g/mol. The molecule has 4 N–H and O–H groups in total. The second-order valence-corrected chi connectivity index (χ2v) is 5.18. The fraction of sp³-hybridized carbons (Fsp3) is 0.538. The standard InChI is InChI=1S/C13H18ClNO3/c14-10-6-12(17)11(16)5-9(10)13(18)7-15-8-3-1-2-4-8/h5-6,8,13,15-18H,1-4,7H2. The van der Waals surface area contributed by atoms with E-state index in [9.17, 15) is 15.3 Å². The topological polar surface area (TPSA) is 72.7 Å². The molecule has 0 aliphatic heterocycles. The molecular formula is C13H18ClNO3. The van der Waals surface area contributed by atoms with Gasteiger partial charge in [0, 0.05) is 24.2 Å². The lowest BCUT2D eigenvalue weighted by atomic mass is 10.1. The number of hydrogen-bond acceptors (Lipinski definition) is 4. The van der Waals surface area contributed by atoms with E-state index >= 15 is 0 Å². The molecule has 1 aliphatic carbocycles. The van der Waals surface area contributed by atoms with Gasteiger partial charge in [0.15, 0.2) is 11.5 Å². The van der Waals surface area contributed by atoms with Gasteiger partial charge in [0.05, 0.1) is 11.1 Å². The summed E-state index contributed by atoms with van der Waals surface area (Å²) < 4.78 is 0. The second kappa shape index (κ2) is 5.78. The van der Waals surface area contributed by atoms with Gasteiger partial charge in [0.1, 0.15) is 0 Å². The third-order valence-corrected chi connectivity index (χ3v) is 3.74. The van der Waals surface area contributed by atoms with Crippen molar-refractivity contribution in [2.45, 2.75) is 37.8 Å². The maximum Gasteiger partial charge on any atom is 0.158 e. The third kappa shape index (κ3) is 3.07. The molecule has 0 radical (unpaired) electrons. The summed E-state index contributed by atoms with van der Waals surface area (Å²) in [5.41, 5.74) is 0.428. The molecule has 0 spiro atoms. The molecule has 0 bridgehead atoms. The normalized spacial score (nSPS) is 18.1. The smallest absolute Gasteiger partial charge is 0.158 e. The largest absolute Gasteiger partial charge is 0.504 e. The van der Waals surface area contributed by atoms with Gasteiger partial charge in [-0.1, -0.05) is 24.4 Å². The zero-order chi connectivity index (χ0) is 13.1. The predicted molar refractivity (Wildman–Crippen MR) is 70.0 cm³/mol. The molecular weight excluding hydrogens is 254 g/mol. The van der Waals surface area contributed by atoms with E-state index in [2.05, 4.69) is 5.32 Å². The van der Waals surface area contributed by atoms with Gasteiger partial charge in [-0.25, -0.2) is 0 Å². The highest BCUT2D eigenvalue weighted by Crippen LogP contribution is 2.34. The molecule has 0 aromatic heterocycles. The second-order valence-electron chi connectivity index (χ2n) is 4.77. The molecule has 2 rings (SSSR count). The highest BCUT2D eigenvalue weighted by molar-refractivity contribution is 6.31. The number of benzene rings is 1. The SMILES string of the molecule is Oc1cc(Cl)c(C(O)CNC2CCCC2)cc1O. The van der Waals surface area contributed by atoms with Crippen LogP contribution in [0, 0.1) is 0 Å². The maximum atomic E-state index is 10.0. The molecule has 1 aromatic rings. The first-order valence-corrected chi connectivity index (χ1v) is 6.58. The van der Waals surface area contributed by atoms with Crippen molar-refractivity contribution >= 4 is 11.6 Å². The molecule has 1 unspecified atom stereocenters. The minimum atomic E-state index is -0.787. The molecule has 1 atom stereocenters. The quantitative estimate of drug-likeness (QED) is 0.634. The van der Waals surface area contributed by atoms with Gasteiger partial charge in [0.25, 0.3) is 0 Å². The molecule has 1 aromatic carbocycles. The number of nitrogens with one attached hydrogen (secondary N) is 1. The van der Waals surface area contributed by atoms with E-state index in [1.807, 2.05) is 0 Å². The van der Waals surface area contributed by atoms with Crippen LogP contribution < -0.4 is 5.32 Å². The van der Waals surface area contributed by atoms with Crippen LogP contribution in [-0.2, 0) is 0 Å². The first-order valence-electron chi connectivity index (χ1n) is 6.20. The third-order valence-electron chi connectivity index (χ3n) is 3.41. The van der Waals surface area contributed by atoms with Crippen LogP contribution in [-0.4, -0.2) is 27.9 Å². The molecule has 0 heterocycles. The number of hydrogen-bond donors (Lipinski definition) is 4. The summed E-state index contributed by atoms with van der Waals surface area (Å²) in [5, 5.41) is 32.3. The number of aliphatic hydroxyl groups is 1. The molecule has 0 amide bonds. The van der Waals surface area contributed by atoms with Crippen LogP contribution in [0.25, 0.3) is 0 Å². The van der Waals surface area contributed by atoms with E-state index < -0.39 is 6.10 Å². The van der Waals surface area contributed by atoms with E-state index in [-0.39, 0.29) is 16.5 Å². The number of aliphatic hydroxyl groups excluding tert-OH is 1. The summed E-state index contributed by atoms with van der Waals surface area (Å²) in [6.45, 7) is 0.397. The Labute approximate surface area is 111 Å². The van der Waals surface area contributed by atoms with Gasteiger partial charge in [-0.2, -0.15) is 0 Å². The van der Waals surface area contributed by atoms with Crippen molar-refractivity contribution in [3.63, 3.8) is 0 Å². The van der Waals surface area contributed by atoms with Crippen LogP contribution in [0.2, 0.25) is 5.02 Å². The van der Waals surface area contributed by atoms with Crippen molar-refractivity contribution in [3.8, 4) is 11.5 Å². The summed E-state index contributed by atoms with van der Waals surface area (Å²) >= 11 is 5.93. The Balaban J connectivity index is 1.99. The van der Waals surface area contributed by atoms with Crippen molar-refractivity contribution in [3.05, 3.63) is 22.7 Å². The van der Waals surface area contributed by atoms with E-state index in [0.717, 1.165) is 12.8 Å². The summed E-state index contributed by atoms with van der Waals surface area (Å²) in [6.07, 6.45) is 3.95. The minimum Gasteiger partial charge on any atom is -0.504 e. The molecule has 18 heavy (non-hydrogen) atoms. The number of halogens is 1.